The van der Waals surface area contributed by atoms with Gasteiger partial charge in [0.2, 0.25) is 5.71 Å². The first-order chi connectivity index (χ1) is 14.0. The molecule has 0 bridgehead atoms. The van der Waals surface area contributed by atoms with E-state index in [0.717, 1.165) is 17.9 Å². The number of ether oxygens (including phenoxy) is 1. The van der Waals surface area contributed by atoms with Gasteiger partial charge in [-0.2, -0.15) is 10.0 Å². The smallest absolute Gasteiger partial charge is 0.307 e. The number of esters is 1. The molecule has 1 heterocycles. The Morgan fingerprint density at radius 2 is 2.07 bits per heavy atom. The van der Waals surface area contributed by atoms with E-state index < -0.39 is 4.90 Å². The van der Waals surface area contributed by atoms with Crippen molar-refractivity contribution in [3.05, 3.63) is 58.5 Å². The number of allylic oxidation sites excluding steroid dienone is 3. The number of hydrazone groups is 1. The molecule has 0 saturated carbocycles. The van der Waals surface area contributed by atoms with Crippen molar-refractivity contribution >= 4 is 45.8 Å². The van der Waals surface area contributed by atoms with Gasteiger partial charge in [0.15, 0.2) is 0 Å². The molecule has 1 aromatic rings. The monoisotopic (exact) mass is 414 g/mol. The highest BCUT2D eigenvalue weighted by atomic mass is 32.2. The summed E-state index contributed by atoms with van der Waals surface area (Å²) in [6.07, 6.45) is 4.84. The minimum atomic E-state index is -0.438. The van der Waals surface area contributed by atoms with E-state index in [1.807, 2.05) is 31.2 Å². The molecule has 0 unspecified atom stereocenters. The molecule has 0 radical (unpaired) electrons. The molecule has 1 aliphatic carbocycles. The summed E-state index contributed by atoms with van der Waals surface area (Å²) in [6.45, 7) is 3.36. The topological polar surface area (TPSA) is 115 Å². The largest absolute Gasteiger partial charge is 0.612 e. The van der Waals surface area contributed by atoms with Crippen molar-refractivity contribution < 1.29 is 14.4 Å². The Hall–Kier alpha value is -3.27. The average Bonchev–Trinajstić information content (AvgIpc) is 3.15. The molecule has 3 rings (SSSR count). The highest BCUT2D eigenvalue weighted by Crippen LogP contribution is 2.28. The van der Waals surface area contributed by atoms with E-state index in [2.05, 4.69) is 24.6 Å². The molecule has 0 fully saturated rings. The highest BCUT2D eigenvalue weighted by molar-refractivity contribution is 8.14. The lowest BCUT2D eigenvalue weighted by molar-refractivity contribution is -0.377. The molecule has 0 atom stereocenters. The molecule has 1 N–H and O–H groups in total. The minimum Gasteiger partial charge on any atom is -0.612 e. The Balaban J connectivity index is 1.66. The zero-order chi connectivity index (χ0) is 20.8. The van der Waals surface area contributed by atoms with Crippen LogP contribution in [0.3, 0.4) is 0 Å². The molecule has 29 heavy (non-hydrogen) atoms. The van der Waals surface area contributed by atoms with E-state index in [1.165, 1.54) is 31.2 Å². The Morgan fingerprint density at radius 3 is 2.72 bits per heavy atom. The van der Waals surface area contributed by atoms with Crippen LogP contribution in [0.5, 0.6) is 0 Å². The predicted molar refractivity (Wildman–Crippen MR) is 116 cm³/mol. The lowest BCUT2D eigenvalue weighted by atomic mass is 10.0. The zero-order valence-electron chi connectivity index (χ0n) is 16.0. The van der Waals surface area contributed by atoms with Gasteiger partial charge in [0.25, 0.3) is 0 Å². The van der Waals surface area contributed by atoms with Gasteiger partial charge >= 0.3 is 5.97 Å². The summed E-state index contributed by atoms with van der Waals surface area (Å²) in [5.41, 5.74) is 6.02. The number of carbonyl (C=O) groups excluding carboxylic acids is 1. The van der Waals surface area contributed by atoms with Crippen LogP contribution in [0.2, 0.25) is 0 Å². The maximum Gasteiger partial charge on any atom is 0.307 e. The first kappa shape index (κ1) is 20.5. The predicted octanol–water partition coefficient (Wildman–Crippen LogP) is 2.85. The molecule has 152 valence electrons. The molecular weight excluding hydrogens is 394 g/mol. The third-order valence-electron chi connectivity index (χ3n) is 4.37. The molecule has 9 nitrogen and oxygen atoms in total. The number of hydrogen-bond acceptors (Lipinski definition) is 9. The summed E-state index contributed by atoms with van der Waals surface area (Å²) < 4.78 is 8.95. The molecule has 0 aromatic heterocycles. The quantitative estimate of drug-likeness (QED) is 0.240. The second kappa shape index (κ2) is 9.28. The molecule has 2 aliphatic rings. The van der Waals surface area contributed by atoms with Gasteiger partial charge in [0.1, 0.15) is 5.04 Å². The first-order valence-corrected chi connectivity index (χ1v) is 9.71. The number of benzene rings is 1. The van der Waals surface area contributed by atoms with Crippen LogP contribution in [-0.2, 0) is 9.53 Å². The van der Waals surface area contributed by atoms with Crippen LogP contribution < -0.4 is 10.3 Å². The Bertz CT molecular complexity index is 930. The SMILES string of the molecule is CCN(CCC(=O)OC)c1ccc(NN=C2SN=C3C=CC(=[N+]([O-])[O-])C=C32)cc1. The van der Waals surface area contributed by atoms with Crippen LogP contribution >= 0.6 is 11.9 Å². The molecule has 10 heteroatoms. The Morgan fingerprint density at radius 1 is 1.31 bits per heavy atom. The number of rotatable bonds is 7. The van der Waals surface area contributed by atoms with Crippen LogP contribution in [0.4, 0.5) is 11.4 Å². The summed E-state index contributed by atoms with van der Waals surface area (Å²) in [7, 11) is 1.38. The van der Waals surface area contributed by atoms with Crippen molar-refractivity contribution in [3.63, 3.8) is 0 Å². The molecule has 1 aromatic carbocycles. The number of methoxy groups -OCH3 is 1. The van der Waals surface area contributed by atoms with Gasteiger partial charge in [-0.25, -0.2) is 4.40 Å². The van der Waals surface area contributed by atoms with Gasteiger partial charge < -0.3 is 20.1 Å². The average molecular weight is 414 g/mol. The number of hydrogen-bond donors (Lipinski definition) is 1. The van der Waals surface area contributed by atoms with Crippen LogP contribution in [0.15, 0.2) is 57.6 Å². The third-order valence-corrected chi connectivity index (χ3v) is 5.14. The maximum atomic E-state index is 11.4. The first-order valence-electron chi connectivity index (χ1n) is 8.94. The number of fused-ring (bicyclic) bond motifs is 1. The lowest BCUT2D eigenvalue weighted by Crippen LogP contribution is -2.26. The number of carbonyl (C=O) groups is 1. The fourth-order valence-electron chi connectivity index (χ4n) is 2.77. The Labute approximate surface area is 172 Å². The van der Waals surface area contributed by atoms with Crippen molar-refractivity contribution in [2.45, 2.75) is 13.3 Å². The van der Waals surface area contributed by atoms with Crippen LogP contribution in [0, 0.1) is 10.4 Å². The van der Waals surface area contributed by atoms with Gasteiger partial charge in [-0.1, -0.05) is 0 Å². The third kappa shape index (κ3) is 4.96. The van der Waals surface area contributed by atoms with Crippen molar-refractivity contribution in [1.82, 2.24) is 0 Å². The second-order valence-corrected chi connectivity index (χ2v) is 6.87. The molecule has 0 saturated heterocycles. The number of nitrogens with zero attached hydrogens (tertiary/aromatic N) is 4. The van der Waals surface area contributed by atoms with Crippen molar-refractivity contribution in [1.29, 1.82) is 0 Å². The van der Waals surface area contributed by atoms with Crippen molar-refractivity contribution in [2.75, 3.05) is 30.5 Å². The molecule has 1 aliphatic heterocycles. The summed E-state index contributed by atoms with van der Waals surface area (Å²) in [5.74, 6) is -0.238. The van der Waals surface area contributed by atoms with E-state index in [4.69, 9.17) is 0 Å². The fourth-order valence-corrected chi connectivity index (χ4v) is 3.46. The molecule has 0 amide bonds. The van der Waals surface area contributed by atoms with E-state index in [9.17, 15) is 15.2 Å². The summed E-state index contributed by atoms with van der Waals surface area (Å²) in [4.78, 5) is 13.0. The lowest BCUT2D eigenvalue weighted by Gasteiger charge is -2.22. The standard InChI is InChI=1S/C19H20N5O4S/c1-3-23(11-10-18(25)28-2)14-6-4-13(5-7-14)20-21-19-16-12-15(24(26)27)8-9-17(16)22-29-19/h4-9,12,20H,3,10-11H2,1-2H3/q-1. The summed E-state index contributed by atoms with van der Waals surface area (Å²) >= 11 is 1.17. The second-order valence-electron chi connectivity index (χ2n) is 6.12. The summed E-state index contributed by atoms with van der Waals surface area (Å²) in [6, 6.07) is 7.64. The minimum absolute atomic E-state index is 0.00474. The highest BCUT2D eigenvalue weighted by Gasteiger charge is 2.25. The maximum absolute atomic E-state index is 11.4. The van der Waals surface area contributed by atoms with E-state index in [1.54, 1.807) is 6.08 Å². The van der Waals surface area contributed by atoms with E-state index in [-0.39, 0.29) is 11.7 Å². The van der Waals surface area contributed by atoms with Crippen molar-refractivity contribution in [3.8, 4) is 0 Å². The van der Waals surface area contributed by atoms with Crippen LogP contribution in [-0.4, -0.2) is 47.5 Å². The summed E-state index contributed by atoms with van der Waals surface area (Å²) in [5, 5.41) is 26.9. The van der Waals surface area contributed by atoms with Crippen LogP contribution in [0.25, 0.3) is 0 Å². The normalized spacial score (nSPS) is 16.2. The fraction of sp³-hybridized carbons (Fsp3) is 0.263. The number of anilines is 2. The van der Waals surface area contributed by atoms with E-state index >= 15 is 0 Å². The molecular formula is C19H20N5O4S-. The van der Waals surface area contributed by atoms with Gasteiger partial charge in [0.05, 0.1) is 24.9 Å². The van der Waals surface area contributed by atoms with Crippen LogP contribution in [0.1, 0.15) is 13.3 Å². The molecule has 0 spiro atoms. The van der Waals surface area contributed by atoms with Crippen molar-refractivity contribution in [2.24, 2.45) is 9.50 Å². The Kier molecular flexibility index (Phi) is 6.55. The van der Waals surface area contributed by atoms with Gasteiger partial charge in [-0.15, -0.1) is 0 Å². The van der Waals surface area contributed by atoms with Gasteiger partial charge in [-0.3, -0.25) is 10.2 Å². The van der Waals surface area contributed by atoms with E-state index in [0.29, 0.717) is 29.3 Å². The van der Waals surface area contributed by atoms with Gasteiger partial charge in [-0.05, 0) is 37.3 Å². The zero-order valence-corrected chi connectivity index (χ0v) is 16.8. The number of nitrogens with one attached hydrogen (secondary N) is 1. The van der Waals surface area contributed by atoms with Gasteiger partial charge in [0, 0.05) is 48.4 Å².